The number of nitrogens with zero attached hydrogens (tertiary/aromatic N) is 4. The number of rotatable bonds is 2. The van der Waals surface area contributed by atoms with Crippen LogP contribution in [0.1, 0.15) is 0 Å². The Morgan fingerprint density at radius 3 is 2.67 bits per heavy atom. The molecule has 6 heteroatoms. The first-order chi connectivity index (χ1) is 7.22. The maximum Gasteiger partial charge on any atom is 0.224 e. The highest BCUT2D eigenvalue weighted by molar-refractivity contribution is 5.57. The van der Waals surface area contributed by atoms with Crippen molar-refractivity contribution in [3.8, 4) is 11.4 Å². The molecule has 0 aliphatic carbocycles. The average molecular weight is 204 g/mol. The highest BCUT2D eigenvalue weighted by Crippen LogP contribution is 2.18. The van der Waals surface area contributed by atoms with Crippen LogP contribution in [0.25, 0.3) is 11.4 Å². The number of hydrogen-bond acceptors (Lipinski definition) is 5. The van der Waals surface area contributed by atoms with Gasteiger partial charge in [-0.15, -0.1) is 10.2 Å². The Labute approximate surface area is 87.2 Å². The van der Waals surface area contributed by atoms with Crippen molar-refractivity contribution in [2.45, 2.75) is 0 Å². The molecule has 0 aliphatic heterocycles. The largest absolute Gasteiger partial charge is 0.384 e. The molecule has 3 N–H and O–H groups in total. The number of hydrogen-bond donors (Lipinski definition) is 2. The van der Waals surface area contributed by atoms with Crippen LogP contribution in [0.3, 0.4) is 0 Å². The van der Waals surface area contributed by atoms with Gasteiger partial charge < -0.3 is 11.1 Å². The quantitative estimate of drug-likeness (QED) is 0.744. The Morgan fingerprint density at radius 2 is 2.13 bits per heavy atom. The summed E-state index contributed by atoms with van der Waals surface area (Å²) in [7, 11) is 3.69. The molecule has 0 saturated carbocycles. The maximum absolute atomic E-state index is 5.51. The first-order valence-electron chi connectivity index (χ1n) is 4.51. The molecule has 6 nitrogen and oxygen atoms in total. The van der Waals surface area contributed by atoms with E-state index in [1.165, 1.54) is 0 Å². The zero-order valence-corrected chi connectivity index (χ0v) is 8.60. The Kier molecular flexibility index (Phi) is 2.24. The number of nitrogen functional groups attached to an aromatic ring is 1. The second-order valence-corrected chi connectivity index (χ2v) is 3.13. The van der Waals surface area contributed by atoms with E-state index in [9.17, 15) is 0 Å². The molecule has 0 atom stereocenters. The fourth-order valence-electron chi connectivity index (χ4n) is 1.34. The van der Waals surface area contributed by atoms with Gasteiger partial charge in [0.1, 0.15) is 5.82 Å². The van der Waals surface area contributed by atoms with Crippen molar-refractivity contribution >= 4 is 11.8 Å². The standard InChI is InChI=1S/C9H12N6/c1-11-9-14-13-8(15(9)2)6-3-4-7(10)12-5-6/h3-5H,1-2H3,(H2,10,12)(H,11,14). The molecular weight excluding hydrogens is 192 g/mol. The van der Waals surface area contributed by atoms with Crippen molar-refractivity contribution in [1.82, 2.24) is 19.7 Å². The van der Waals surface area contributed by atoms with E-state index >= 15 is 0 Å². The van der Waals surface area contributed by atoms with E-state index in [1.54, 1.807) is 19.3 Å². The van der Waals surface area contributed by atoms with E-state index in [0.717, 1.165) is 11.4 Å². The molecule has 2 rings (SSSR count). The summed E-state index contributed by atoms with van der Waals surface area (Å²) in [4.78, 5) is 4.01. The van der Waals surface area contributed by atoms with Gasteiger partial charge in [0.2, 0.25) is 5.95 Å². The number of anilines is 2. The minimum atomic E-state index is 0.495. The molecule has 0 aliphatic rings. The first kappa shape index (κ1) is 9.45. The smallest absolute Gasteiger partial charge is 0.224 e. The molecule has 0 amide bonds. The van der Waals surface area contributed by atoms with Gasteiger partial charge in [0.05, 0.1) is 0 Å². The molecule has 0 bridgehead atoms. The van der Waals surface area contributed by atoms with E-state index in [0.29, 0.717) is 11.8 Å². The van der Waals surface area contributed by atoms with Gasteiger partial charge in [-0.3, -0.25) is 4.57 Å². The van der Waals surface area contributed by atoms with Crippen LogP contribution >= 0.6 is 0 Å². The topological polar surface area (TPSA) is 81.7 Å². The lowest BCUT2D eigenvalue weighted by molar-refractivity contribution is 0.924. The Balaban J connectivity index is 2.45. The second-order valence-electron chi connectivity index (χ2n) is 3.13. The highest BCUT2D eigenvalue weighted by Gasteiger charge is 2.09. The van der Waals surface area contributed by atoms with E-state index in [4.69, 9.17) is 5.73 Å². The third-order valence-corrected chi connectivity index (χ3v) is 2.14. The average Bonchev–Trinajstić information content (AvgIpc) is 2.61. The third kappa shape index (κ3) is 1.61. The van der Waals surface area contributed by atoms with Crippen LogP contribution in [0, 0.1) is 0 Å². The molecule has 2 aromatic heterocycles. The minimum absolute atomic E-state index is 0.495. The Bertz CT molecular complexity index is 458. The molecule has 78 valence electrons. The molecule has 0 fully saturated rings. The molecule has 2 aromatic rings. The Morgan fingerprint density at radius 1 is 1.33 bits per heavy atom. The van der Waals surface area contributed by atoms with Crippen LogP contribution < -0.4 is 11.1 Å². The molecular formula is C9H12N6. The van der Waals surface area contributed by atoms with Crippen molar-refractivity contribution in [1.29, 1.82) is 0 Å². The summed E-state index contributed by atoms with van der Waals surface area (Å²) in [6.45, 7) is 0. The van der Waals surface area contributed by atoms with Gasteiger partial charge in [-0.1, -0.05) is 0 Å². The lowest BCUT2D eigenvalue weighted by Gasteiger charge is -2.02. The van der Waals surface area contributed by atoms with Gasteiger partial charge in [-0.2, -0.15) is 0 Å². The summed E-state index contributed by atoms with van der Waals surface area (Å²) in [5, 5.41) is 11.0. The number of aromatic nitrogens is 4. The summed E-state index contributed by atoms with van der Waals surface area (Å²) in [6, 6.07) is 3.61. The van der Waals surface area contributed by atoms with E-state index in [2.05, 4.69) is 20.5 Å². The van der Waals surface area contributed by atoms with Gasteiger partial charge in [0, 0.05) is 25.9 Å². The maximum atomic E-state index is 5.51. The number of nitrogens with one attached hydrogen (secondary N) is 1. The van der Waals surface area contributed by atoms with Gasteiger partial charge in [-0.05, 0) is 12.1 Å². The van der Waals surface area contributed by atoms with Crippen LogP contribution in [0.2, 0.25) is 0 Å². The van der Waals surface area contributed by atoms with E-state index in [-0.39, 0.29) is 0 Å². The molecule has 15 heavy (non-hydrogen) atoms. The molecule has 0 radical (unpaired) electrons. The molecule has 0 spiro atoms. The first-order valence-corrected chi connectivity index (χ1v) is 4.51. The van der Waals surface area contributed by atoms with Crippen LogP contribution in [0.5, 0.6) is 0 Å². The second kappa shape index (κ2) is 3.56. The number of pyridine rings is 1. The predicted octanol–water partition coefficient (Wildman–Crippen LogP) is 0.501. The fraction of sp³-hybridized carbons (Fsp3) is 0.222. The van der Waals surface area contributed by atoms with Crippen LogP contribution in [-0.4, -0.2) is 26.8 Å². The van der Waals surface area contributed by atoms with Crippen molar-refractivity contribution < 1.29 is 0 Å². The SMILES string of the molecule is CNc1nnc(-c2ccc(N)nc2)n1C. The summed E-state index contributed by atoms with van der Waals surface area (Å²) < 4.78 is 1.85. The van der Waals surface area contributed by atoms with E-state index in [1.807, 2.05) is 17.7 Å². The normalized spacial score (nSPS) is 10.3. The van der Waals surface area contributed by atoms with Gasteiger partial charge >= 0.3 is 0 Å². The van der Waals surface area contributed by atoms with Crippen molar-refractivity contribution in [2.75, 3.05) is 18.1 Å². The summed E-state index contributed by atoms with van der Waals surface area (Å²) >= 11 is 0. The van der Waals surface area contributed by atoms with Gasteiger partial charge in [0.15, 0.2) is 5.82 Å². The molecule has 0 unspecified atom stereocenters. The highest BCUT2D eigenvalue weighted by atomic mass is 15.3. The van der Waals surface area contributed by atoms with Crippen molar-refractivity contribution in [2.24, 2.45) is 7.05 Å². The zero-order chi connectivity index (χ0) is 10.8. The monoisotopic (exact) mass is 204 g/mol. The Hall–Kier alpha value is -2.11. The lowest BCUT2D eigenvalue weighted by atomic mass is 10.2. The summed E-state index contributed by atoms with van der Waals surface area (Å²) in [5.74, 6) is 1.96. The summed E-state index contributed by atoms with van der Waals surface area (Å²) in [5.41, 5.74) is 6.40. The van der Waals surface area contributed by atoms with Crippen LogP contribution in [0.15, 0.2) is 18.3 Å². The van der Waals surface area contributed by atoms with E-state index < -0.39 is 0 Å². The van der Waals surface area contributed by atoms with Crippen molar-refractivity contribution in [3.63, 3.8) is 0 Å². The predicted molar refractivity (Wildman–Crippen MR) is 58.2 cm³/mol. The third-order valence-electron chi connectivity index (χ3n) is 2.14. The number of nitrogens with two attached hydrogens (primary N) is 1. The van der Waals surface area contributed by atoms with Crippen LogP contribution in [-0.2, 0) is 7.05 Å². The summed E-state index contributed by atoms with van der Waals surface area (Å²) in [6.07, 6.45) is 1.68. The van der Waals surface area contributed by atoms with Crippen LogP contribution in [0.4, 0.5) is 11.8 Å². The molecule has 0 aromatic carbocycles. The minimum Gasteiger partial charge on any atom is -0.384 e. The molecule has 0 saturated heterocycles. The van der Waals surface area contributed by atoms with Gasteiger partial charge in [0.25, 0.3) is 0 Å². The lowest BCUT2D eigenvalue weighted by Crippen LogP contribution is -2.00. The molecule has 2 heterocycles. The van der Waals surface area contributed by atoms with Crippen molar-refractivity contribution in [3.05, 3.63) is 18.3 Å². The fourth-order valence-corrected chi connectivity index (χ4v) is 1.34. The zero-order valence-electron chi connectivity index (χ0n) is 8.60. The van der Waals surface area contributed by atoms with Gasteiger partial charge in [-0.25, -0.2) is 4.98 Å².